The van der Waals surface area contributed by atoms with E-state index in [0.29, 0.717) is 38.8 Å². The predicted molar refractivity (Wildman–Crippen MR) is 171 cm³/mol. The van der Waals surface area contributed by atoms with E-state index in [4.69, 9.17) is 17.2 Å². The molecule has 1 aliphatic rings. The summed E-state index contributed by atoms with van der Waals surface area (Å²) in [6, 6.07) is 3.06. The lowest BCUT2D eigenvalue weighted by Gasteiger charge is -2.31. The summed E-state index contributed by atoms with van der Waals surface area (Å²) in [5.41, 5.74) is 19.1. The molecule has 0 aliphatic carbocycles. The summed E-state index contributed by atoms with van der Waals surface area (Å²) in [7, 11) is 0. The quantitative estimate of drug-likeness (QED) is 0.0912. The number of carbonyl (C=O) groups excluding carboxylic acids is 5. The number of nitrogens with two attached hydrogens (primary N) is 3. The molecule has 2 heterocycles. The Morgan fingerprint density at radius 1 is 1.05 bits per heavy atom. The van der Waals surface area contributed by atoms with Gasteiger partial charge in [-0.1, -0.05) is 32.0 Å². The average molecular weight is 631 g/mol. The second-order valence-electron chi connectivity index (χ2n) is 11.6. The maximum atomic E-state index is 13.7. The topological polar surface area (TPSA) is 219 Å². The number of fused-ring (bicyclic) bond motifs is 1. The Kier molecular flexibility index (Phi) is 13.0. The van der Waals surface area contributed by atoms with Crippen LogP contribution in [0.2, 0.25) is 0 Å². The normalized spacial score (nSPS) is 17.6. The molecule has 0 radical (unpaired) electrons. The Bertz CT molecular complexity index is 1320. The molecular weight excluding hydrogens is 584 g/mol. The fraction of sp³-hybridized carbons (Fsp3) is 0.567. The predicted octanol–water partition coefficient (Wildman–Crippen LogP) is -0.317. The van der Waals surface area contributed by atoms with Crippen LogP contribution in [0.4, 0.5) is 0 Å². The van der Waals surface area contributed by atoms with Crippen molar-refractivity contribution in [1.29, 1.82) is 0 Å². The third kappa shape index (κ3) is 8.96. The van der Waals surface area contributed by atoms with Gasteiger partial charge in [-0.3, -0.25) is 24.0 Å². The molecule has 5 atom stereocenters. The molecular formula is C30H46N8O5S. The van der Waals surface area contributed by atoms with Crippen molar-refractivity contribution in [3.63, 3.8) is 0 Å². The van der Waals surface area contributed by atoms with Gasteiger partial charge < -0.3 is 43.0 Å². The number of hydrogen-bond donors (Lipinski definition) is 8. The molecule has 1 aliphatic heterocycles. The summed E-state index contributed by atoms with van der Waals surface area (Å²) in [5, 5.41) is 9.07. The van der Waals surface area contributed by atoms with Gasteiger partial charge in [0.05, 0.1) is 6.04 Å². The third-order valence-corrected chi connectivity index (χ3v) is 8.30. The minimum Gasteiger partial charge on any atom is -0.368 e. The fourth-order valence-electron chi connectivity index (χ4n) is 5.44. The highest BCUT2D eigenvalue weighted by molar-refractivity contribution is 7.80. The number of H-pyrrole nitrogens is 1. The molecule has 1 aromatic heterocycles. The number of hydrogen-bond acceptors (Lipinski definition) is 8. The number of aromatic nitrogens is 1. The summed E-state index contributed by atoms with van der Waals surface area (Å²) in [6.07, 6.45) is 4.53. The summed E-state index contributed by atoms with van der Waals surface area (Å²) >= 11 is 4.26. The van der Waals surface area contributed by atoms with E-state index in [0.717, 1.165) is 16.5 Å². The summed E-state index contributed by atoms with van der Waals surface area (Å²) in [4.78, 5) is 69.7. The van der Waals surface area contributed by atoms with Crippen LogP contribution in [-0.2, 0) is 30.4 Å². The van der Waals surface area contributed by atoms with E-state index in [2.05, 4.69) is 33.6 Å². The van der Waals surface area contributed by atoms with Gasteiger partial charge in [-0.15, -0.1) is 0 Å². The van der Waals surface area contributed by atoms with Crippen LogP contribution in [0.25, 0.3) is 10.9 Å². The van der Waals surface area contributed by atoms with Gasteiger partial charge in [-0.2, -0.15) is 12.6 Å². The van der Waals surface area contributed by atoms with E-state index in [1.807, 2.05) is 24.3 Å². The van der Waals surface area contributed by atoms with Crippen LogP contribution in [0.5, 0.6) is 0 Å². The number of likely N-dealkylation sites (tertiary alicyclic amines) is 1. The standard InChI is InChI=1S/C30H46N8O5S/c1-17(2)25(26(33)39)37-29(42)24-11-7-13-38(24)30(43)22(10-5-6-12-31)35-28(41)23(16-44)36-27(40)20(32)14-18-15-34-21-9-4-3-8-19(18)21/h3-4,8-9,15,17,20,22-25,34,44H,5-7,10-14,16,31-32H2,1-2H3,(H2,33,39)(H,35,41)(H,36,40)(H,37,42)/t20-,22-,23-,24-,25-/m0/s1. The van der Waals surface area contributed by atoms with Crippen molar-refractivity contribution in [2.75, 3.05) is 18.8 Å². The number of unbranched alkanes of at least 4 members (excludes halogenated alkanes) is 1. The number of rotatable bonds is 16. The molecule has 1 fully saturated rings. The SMILES string of the molecule is CC(C)[C@H](NC(=O)[C@@H]1CCCN1C(=O)[C@H](CCCCN)NC(=O)[C@H](CS)NC(=O)[C@@H](N)Cc1c[nH]c2ccccc12)C(N)=O. The van der Waals surface area contributed by atoms with Gasteiger partial charge in [0, 0.05) is 29.4 Å². The minimum atomic E-state index is -1.05. The molecule has 0 bridgehead atoms. The molecule has 2 aromatic rings. The van der Waals surface area contributed by atoms with E-state index in [9.17, 15) is 24.0 Å². The Labute approximate surface area is 263 Å². The number of primary amides is 1. The van der Waals surface area contributed by atoms with E-state index in [1.165, 1.54) is 4.90 Å². The Morgan fingerprint density at radius 2 is 1.75 bits per heavy atom. The largest absolute Gasteiger partial charge is 0.368 e. The lowest BCUT2D eigenvalue weighted by atomic mass is 10.0. The molecule has 1 aromatic carbocycles. The number of nitrogens with zero attached hydrogens (tertiary/aromatic N) is 1. The van der Waals surface area contributed by atoms with Crippen LogP contribution in [0.1, 0.15) is 51.5 Å². The first kappa shape index (κ1) is 34.9. The molecule has 1 saturated heterocycles. The van der Waals surface area contributed by atoms with Crippen LogP contribution in [0.3, 0.4) is 0 Å². The first-order chi connectivity index (χ1) is 21.0. The number of aromatic amines is 1. The monoisotopic (exact) mass is 630 g/mol. The number of carbonyl (C=O) groups is 5. The Morgan fingerprint density at radius 3 is 2.41 bits per heavy atom. The molecule has 0 saturated carbocycles. The molecule has 0 spiro atoms. The molecule has 5 amide bonds. The van der Waals surface area contributed by atoms with Gasteiger partial charge in [0.2, 0.25) is 29.5 Å². The number of benzene rings is 1. The number of thiol groups is 1. The zero-order valence-electron chi connectivity index (χ0n) is 25.4. The summed E-state index contributed by atoms with van der Waals surface area (Å²) in [6.45, 7) is 4.26. The van der Waals surface area contributed by atoms with Crippen molar-refractivity contribution in [3.05, 3.63) is 36.0 Å². The molecule has 0 unspecified atom stereocenters. The van der Waals surface area contributed by atoms with Crippen molar-refractivity contribution < 1.29 is 24.0 Å². The first-order valence-corrected chi connectivity index (χ1v) is 15.7. The van der Waals surface area contributed by atoms with Gasteiger partial charge in [-0.25, -0.2) is 0 Å². The van der Waals surface area contributed by atoms with Gasteiger partial charge >= 0.3 is 0 Å². The number of amides is 5. The fourth-order valence-corrected chi connectivity index (χ4v) is 5.70. The molecule has 3 rings (SSSR count). The van der Waals surface area contributed by atoms with Gasteiger partial charge in [-0.05, 0) is 62.6 Å². The average Bonchev–Trinajstić information content (AvgIpc) is 3.65. The smallest absolute Gasteiger partial charge is 0.245 e. The second kappa shape index (κ2) is 16.5. The van der Waals surface area contributed by atoms with Gasteiger partial charge in [0.15, 0.2) is 0 Å². The van der Waals surface area contributed by atoms with Crippen LogP contribution in [0, 0.1) is 5.92 Å². The van der Waals surface area contributed by atoms with E-state index >= 15 is 0 Å². The van der Waals surface area contributed by atoms with Crippen molar-refractivity contribution in [3.8, 4) is 0 Å². The van der Waals surface area contributed by atoms with Gasteiger partial charge in [0.25, 0.3) is 0 Å². The zero-order valence-corrected chi connectivity index (χ0v) is 26.3. The molecule has 242 valence electrons. The number of nitrogens with one attached hydrogen (secondary N) is 4. The Balaban J connectivity index is 1.67. The second-order valence-corrected chi connectivity index (χ2v) is 11.9. The van der Waals surface area contributed by atoms with Crippen molar-refractivity contribution >= 4 is 53.1 Å². The van der Waals surface area contributed by atoms with Crippen molar-refractivity contribution in [2.24, 2.45) is 23.1 Å². The van der Waals surface area contributed by atoms with Crippen LogP contribution in [-0.4, -0.2) is 88.5 Å². The molecule has 44 heavy (non-hydrogen) atoms. The lowest BCUT2D eigenvalue weighted by molar-refractivity contribution is -0.142. The zero-order chi connectivity index (χ0) is 32.4. The van der Waals surface area contributed by atoms with Crippen LogP contribution in [0.15, 0.2) is 30.5 Å². The highest BCUT2D eigenvalue weighted by Crippen LogP contribution is 2.21. The van der Waals surface area contributed by atoms with Gasteiger partial charge in [0.1, 0.15) is 24.2 Å². The lowest BCUT2D eigenvalue weighted by Crippen LogP contribution is -2.59. The highest BCUT2D eigenvalue weighted by atomic mass is 32.1. The molecule has 13 nitrogen and oxygen atoms in total. The van der Waals surface area contributed by atoms with E-state index < -0.39 is 59.7 Å². The third-order valence-electron chi connectivity index (χ3n) is 7.94. The van der Waals surface area contributed by atoms with Crippen molar-refractivity contribution in [1.82, 2.24) is 25.8 Å². The first-order valence-electron chi connectivity index (χ1n) is 15.1. The maximum Gasteiger partial charge on any atom is 0.245 e. The maximum absolute atomic E-state index is 13.7. The minimum absolute atomic E-state index is 0.0282. The Hall–Kier alpha value is -3.62. The highest BCUT2D eigenvalue weighted by Gasteiger charge is 2.39. The van der Waals surface area contributed by atoms with E-state index in [1.54, 1.807) is 20.0 Å². The van der Waals surface area contributed by atoms with Crippen LogP contribution >= 0.6 is 12.6 Å². The summed E-state index contributed by atoms with van der Waals surface area (Å²) in [5.74, 6) is -2.92. The van der Waals surface area contributed by atoms with Crippen LogP contribution < -0.4 is 33.2 Å². The van der Waals surface area contributed by atoms with Crippen molar-refractivity contribution in [2.45, 2.75) is 82.6 Å². The van der Waals surface area contributed by atoms with E-state index in [-0.39, 0.29) is 24.5 Å². The number of para-hydroxylation sites is 1. The summed E-state index contributed by atoms with van der Waals surface area (Å²) < 4.78 is 0. The molecule has 10 N–H and O–H groups in total. The molecule has 14 heteroatoms.